The van der Waals surface area contributed by atoms with Crippen LogP contribution in [-0.4, -0.2) is 0 Å². The molecule has 0 aromatic heterocycles. The first-order chi connectivity index (χ1) is 5.69. The summed E-state index contributed by atoms with van der Waals surface area (Å²) in [5, 5.41) is 8.67. The van der Waals surface area contributed by atoms with Crippen molar-refractivity contribution in [3.63, 3.8) is 0 Å². The standard InChI is InChI=1S/C10H12N2.ClH/c1-7-3-9(5-11)4-8(2)10(7)6-12;/h3-4H,6,12H2,1-2H3;1H. The fraction of sp³-hybridized carbons (Fsp3) is 0.300. The summed E-state index contributed by atoms with van der Waals surface area (Å²) in [6.45, 7) is 4.51. The van der Waals surface area contributed by atoms with E-state index in [4.69, 9.17) is 11.0 Å². The lowest BCUT2D eigenvalue weighted by Gasteiger charge is -2.06. The summed E-state index contributed by atoms with van der Waals surface area (Å²) in [7, 11) is 0. The second-order valence-electron chi connectivity index (χ2n) is 2.90. The van der Waals surface area contributed by atoms with E-state index in [1.54, 1.807) is 0 Å². The van der Waals surface area contributed by atoms with Crippen LogP contribution in [0, 0.1) is 25.2 Å². The molecular formula is C10H13ClN2. The topological polar surface area (TPSA) is 49.8 Å². The van der Waals surface area contributed by atoms with Crippen molar-refractivity contribution >= 4 is 12.4 Å². The molecule has 0 bridgehead atoms. The van der Waals surface area contributed by atoms with Gasteiger partial charge < -0.3 is 5.73 Å². The number of nitrogens with zero attached hydrogens (tertiary/aromatic N) is 1. The lowest BCUT2D eigenvalue weighted by atomic mass is 10.00. The van der Waals surface area contributed by atoms with Crippen molar-refractivity contribution < 1.29 is 0 Å². The summed E-state index contributed by atoms with van der Waals surface area (Å²) in [4.78, 5) is 0. The largest absolute Gasteiger partial charge is 0.326 e. The van der Waals surface area contributed by atoms with Gasteiger partial charge in [0.1, 0.15) is 0 Å². The molecule has 0 aliphatic heterocycles. The van der Waals surface area contributed by atoms with Crippen LogP contribution in [-0.2, 0) is 6.54 Å². The molecular weight excluding hydrogens is 184 g/mol. The first-order valence-corrected chi connectivity index (χ1v) is 3.89. The predicted molar refractivity (Wildman–Crippen MR) is 55.8 cm³/mol. The minimum absolute atomic E-state index is 0. The summed E-state index contributed by atoms with van der Waals surface area (Å²) < 4.78 is 0. The van der Waals surface area contributed by atoms with Gasteiger partial charge in [0, 0.05) is 6.54 Å². The first-order valence-electron chi connectivity index (χ1n) is 3.89. The highest BCUT2D eigenvalue weighted by atomic mass is 35.5. The molecule has 0 amide bonds. The smallest absolute Gasteiger partial charge is 0.0991 e. The highest BCUT2D eigenvalue weighted by Gasteiger charge is 2.02. The molecule has 1 aromatic carbocycles. The predicted octanol–water partition coefficient (Wildman–Crippen LogP) is 2.06. The van der Waals surface area contributed by atoms with Gasteiger partial charge in [0.15, 0.2) is 0 Å². The van der Waals surface area contributed by atoms with E-state index in [1.807, 2.05) is 26.0 Å². The average Bonchev–Trinajstić information content (AvgIpc) is 2.03. The van der Waals surface area contributed by atoms with Gasteiger partial charge >= 0.3 is 0 Å². The highest BCUT2D eigenvalue weighted by molar-refractivity contribution is 5.85. The van der Waals surface area contributed by atoms with Crippen molar-refractivity contribution in [1.29, 1.82) is 5.26 Å². The molecule has 13 heavy (non-hydrogen) atoms. The van der Waals surface area contributed by atoms with Crippen molar-refractivity contribution in [2.45, 2.75) is 20.4 Å². The zero-order valence-electron chi connectivity index (χ0n) is 7.79. The Hall–Kier alpha value is -1.04. The second kappa shape index (κ2) is 4.86. The van der Waals surface area contributed by atoms with Gasteiger partial charge in [-0.05, 0) is 42.7 Å². The Labute approximate surface area is 84.8 Å². The molecule has 0 aliphatic carbocycles. The highest BCUT2D eigenvalue weighted by Crippen LogP contribution is 2.15. The zero-order valence-corrected chi connectivity index (χ0v) is 8.61. The molecule has 2 N–H and O–H groups in total. The molecule has 0 saturated heterocycles. The SMILES string of the molecule is Cc1cc(C#N)cc(C)c1CN.Cl. The Kier molecular flexibility index (Phi) is 4.47. The second-order valence-corrected chi connectivity index (χ2v) is 2.90. The Morgan fingerprint density at radius 3 is 2.08 bits per heavy atom. The number of nitriles is 1. The van der Waals surface area contributed by atoms with Gasteiger partial charge in [-0.25, -0.2) is 0 Å². The molecule has 0 saturated carbocycles. The third kappa shape index (κ3) is 2.45. The number of aryl methyl sites for hydroxylation is 2. The molecule has 0 radical (unpaired) electrons. The van der Waals surface area contributed by atoms with Gasteiger partial charge in [-0.2, -0.15) is 5.26 Å². The minimum Gasteiger partial charge on any atom is -0.326 e. The molecule has 1 rings (SSSR count). The number of halogens is 1. The van der Waals surface area contributed by atoms with Crippen molar-refractivity contribution in [3.8, 4) is 6.07 Å². The van der Waals surface area contributed by atoms with Gasteiger partial charge in [-0.3, -0.25) is 0 Å². The van der Waals surface area contributed by atoms with E-state index in [1.165, 1.54) is 0 Å². The fourth-order valence-electron chi connectivity index (χ4n) is 1.38. The number of benzene rings is 1. The molecule has 3 heteroatoms. The Morgan fingerprint density at radius 2 is 1.77 bits per heavy atom. The summed E-state index contributed by atoms with van der Waals surface area (Å²) in [6.07, 6.45) is 0. The van der Waals surface area contributed by atoms with Gasteiger partial charge in [0.05, 0.1) is 11.6 Å². The molecule has 2 nitrogen and oxygen atoms in total. The van der Waals surface area contributed by atoms with Crippen LogP contribution >= 0.6 is 12.4 Å². The third-order valence-electron chi connectivity index (χ3n) is 2.03. The van der Waals surface area contributed by atoms with Crippen LogP contribution in [0.5, 0.6) is 0 Å². The molecule has 0 atom stereocenters. The Bertz CT molecular complexity index is 316. The molecule has 1 aromatic rings. The third-order valence-corrected chi connectivity index (χ3v) is 2.03. The number of rotatable bonds is 1. The maximum atomic E-state index is 8.67. The van der Waals surface area contributed by atoms with Crippen molar-refractivity contribution in [2.75, 3.05) is 0 Å². The molecule has 0 heterocycles. The van der Waals surface area contributed by atoms with Gasteiger partial charge in [0.2, 0.25) is 0 Å². The minimum atomic E-state index is 0. The van der Waals surface area contributed by atoms with Crippen LogP contribution in [0.25, 0.3) is 0 Å². The van der Waals surface area contributed by atoms with Crippen molar-refractivity contribution in [2.24, 2.45) is 5.73 Å². The maximum absolute atomic E-state index is 8.67. The molecule has 0 fully saturated rings. The molecule has 0 spiro atoms. The zero-order chi connectivity index (χ0) is 9.14. The first kappa shape index (κ1) is 12.0. The lowest BCUT2D eigenvalue weighted by molar-refractivity contribution is 1.03. The monoisotopic (exact) mass is 196 g/mol. The maximum Gasteiger partial charge on any atom is 0.0991 e. The Balaban J connectivity index is 0.00000144. The van der Waals surface area contributed by atoms with Crippen molar-refractivity contribution in [3.05, 3.63) is 34.4 Å². The fourth-order valence-corrected chi connectivity index (χ4v) is 1.38. The summed E-state index contributed by atoms with van der Waals surface area (Å²) in [6, 6.07) is 5.86. The van der Waals surface area contributed by atoms with E-state index in [0.29, 0.717) is 12.1 Å². The van der Waals surface area contributed by atoms with Gasteiger partial charge in [-0.15, -0.1) is 12.4 Å². The van der Waals surface area contributed by atoms with Crippen LogP contribution in [0.3, 0.4) is 0 Å². The van der Waals surface area contributed by atoms with Crippen LogP contribution < -0.4 is 5.73 Å². The molecule has 70 valence electrons. The van der Waals surface area contributed by atoms with Crippen LogP contribution in [0.4, 0.5) is 0 Å². The summed E-state index contributed by atoms with van der Waals surface area (Å²) in [5.74, 6) is 0. The van der Waals surface area contributed by atoms with Crippen LogP contribution in [0.15, 0.2) is 12.1 Å². The van der Waals surface area contributed by atoms with Crippen LogP contribution in [0.2, 0.25) is 0 Å². The van der Waals surface area contributed by atoms with Crippen LogP contribution in [0.1, 0.15) is 22.3 Å². The van der Waals surface area contributed by atoms with Gasteiger partial charge in [-0.1, -0.05) is 0 Å². The molecule has 0 aliphatic rings. The van der Waals surface area contributed by atoms with Crippen molar-refractivity contribution in [1.82, 2.24) is 0 Å². The summed E-state index contributed by atoms with van der Waals surface area (Å²) in [5.41, 5.74) is 9.63. The molecule has 0 unspecified atom stereocenters. The average molecular weight is 197 g/mol. The quantitative estimate of drug-likeness (QED) is 0.748. The lowest BCUT2D eigenvalue weighted by Crippen LogP contribution is -2.02. The van der Waals surface area contributed by atoms with Gasteiger partial charge in [0.25, 0.3) is 0 Å². The van der Waals surface area contributed by atoms with E-state index in [9.17, 15) is 0 Å². The number of hydrogen-bond donors (Lipinski definition) is 1. The van der Waals surface area contributed by atoms with E-state index in [-0.39, 0.29) is 12.4 Å². The van der Waals surface area contributed by atoms with E-state index >= 15 is 0 Å². The van der Waals surface area contributed by atoms with E-state index in [0.717, 1.165) is 16.7 Å². The number of nitrogens with two attached hydrogens (primary N) is 1. The Morgan fingerprint density at radius 1 is 1.31 bits per heavy atom. The van der Waals surface area contributed by atoms with E-state index < -0.39 is 0 Å². The van der Waals surface area contributed by atoms with E-state index in [2.05, 4.69) is 6.07 Å². The normalized spacial score (nSPS) is 8.77. The summed E-state index contributed by atoms with van der Waals surface area (Å²) >= 11 is 0. The number of hydrogen-bond acceptors (Lipinski definition) is 2.